The molecule has 0 aliphatic carbocycles. The zero-order valence-corrected chi connectivity index (χ0v) is 9.08. The molecule has 0 N–H and O–H groups in total. The van der Waals surface area contributed by atoms with Crippen molar-refractivity contribution in [1.82, 2.24) is 0 Å². The van der Waals surface area contributed by atoms with E-state index in [1.165, 1.54) is 0 Å². The SMILES string of the molecule is C1=NC2=c3ccccc3=NC2=C1.c1ccoc1. The lowest BCUT2D eigenvalue weighted by Crippen LogP contribution is -2.21. The van der Waals surface area contributed by atoms with Crippen LogP contribution in [0.5, 0.6) is 0 Å². The summed E-state index contributed by atoms with van der Waals surface area (Å²) in [6, 6.07) is 11.7. The Morgan fingerprint density at radius 3 is 2.53 bits per heavy atom. The third-order valence-corrected chi connectivity index (χ3v) is 2.50. The van der Waals surface area contributed by atoms with Gasteiger partial charge in [-0.15, -0.1) is 0 Å². The molecule has 0 spiro atoms. The van der Waals surface area contributed by atoms with Crippen molar-refractivity contribution in [2.75, 3.05) is 0 Å². The summed E-state index contributed by atoms with van der Waals surface area (Å²) < 4.78 is 4.58. The summed E-state index contributed by atoms with van der Waals surface area (Å²) in [4.78, 5) is 8.66. The zero-order chi connectivity index (χ0) is 11.5. The molecule has 0 bridgehead atoms. The van der Waals surface area contributed by atoms with Crippen LogP contribution in [0.4, 0.5) is 0 Å². The van der Waals surface area contributed by atoms with Crippen LogP contribution in [0.3, 0.4) is 0 Å². The minimum Gasteiger partial charge on any atom is -0.473 e. The van der Waals surface area contributed by atoms with Crippen molar-refractivity contribution in [2.24, 2.45) is 9.98 Å². The highest BCUT2D eigenvalue weighted by Crippen LogP contribution is 2.17. The Labute approximate surface area is 98.1 Å². The largest absolute Gasteiger partial charge is 0.473 e. The molecule has 0 fully saturated rings. The molecule has 1 aromatic heterocycles. The lowest BCUT2D eigenvalue weighted by Gasteiger charge is -1.86. The Bertz CT molecular complexity index is 677. The maximum atomic E-state index is 4.58. The zero-order valence-electron chi connectivity index (χ0n) is 9.08. The molecule has 4 rings (SSSR count). The van der Waals surface area contributed by atoms with Crippen molar-refractivity contribution < 1.29 is 4.42 Å². The summed E-state index contributed by atoms with van der Waals surface area (Å²) in [7, 11) is 0. The molecule has 0 atom stereocenters. The van der Waals surface area contributed by atoms with Gasteiger partial charge in [-0.1, -0.05) is 18.2 Å². The monoisotopic (exact) mass is 222 g/mol. The Hall–Kier alpha value is -2.42. The van der Waals surface area contributed by atoms with E-state index in [-0.39, 0.29) is 0 Å². The summed E-state index contributed by atoms with van der Waals surface area (Å²) in [5.41, 5.74) is 2.02. The molecular weight excluding hydrogens is 212 g/mol. The van der Waals surface area contributed by atoms with E-state index in [9.17, 15) is 0 Å². The van der Waals surface area contributed by atoms with E-state index >= 15 is 0 Å². The van der Waals surface area contributed by atoms with Gasteiger partial charge in [-0.25, -0.2) is 4.99 Å². The van der Waals surface area contributed by atoms with E-state index in [0.29, 0.717) is 0 Å². The number of aliphatic imine (C=N–C) groups is 1. The molecule has 2 aliphatic rings. The van der Waals surface area contributed by atoms with Crippen LogP contribution < -0.4 is 10.6 Å². The first kappa shape index (κ1) is 9.78. The van der Waals surface area contributed by atoms with Gasteiger partial charge in [-0.05, 0) is 24.3 Å². The van der Waals surface area contributed by atoms with E-state index in [2.05, 4.69) is 20.5 Å². The fourth-order valence-corrected chi connectivity index (χ4v) is 1.75. The van der Waals surface area contributed by atoms with Crippen LogP contribution in [0.2, 0.25) is 0 Å². The molecule has 2 aromatic rings. The standard InChI is InChI=1S/C10H6N2.C4H4O/c1-2-4-8-7(3-1)10-9(12-8)5-6-11-10;1-2-4-5-3-1/h1-6H;1-4H. The van der Waals surface area contributed by atoms with Gasteiger partial charge in [0.05, 0.1) is 29.3 Å². The smallest absolute Gasteiger partial charge is 0.0980 e. The fourth-order valence-electron chi connectivity index (χ4n) is 1.75. The van der Waals surface area contributed by atoms with Crippen molar-refractivity contribution in [3.63, 3.8) is 0 Å². The minimum atomic E-state index is 0.996. The molecule has 1 aromatic carbocycles. The number of allylic oxidation sites excluding steroid dienone is 1. The molecule has 0 radical (unpaired) electrons. The normalized spacial score (nSPS) is 14.4. The molecule has 3 heteroatoms. The van der Waals surface area contributed by atoms with E-state index in [4.69, 9.17) is 0 Å². The number of hydrogen-bond acceptors (Lipinski definition) is 3. The lowest BCUT2D eigenvalue weighted by molar-refractivity contribution is 0.567. The fraction of sp³-hybridized carbons (Fsp3) is 0. The third kappa shape index (κ3) is 1.83. The maximum absolute atomic E-state index is 4.58. The van der Waals surface area contributed by atoms with Gasteiger partial charge >= 0.3 is 0 Å². The summed E-state index contributed by atoms with van der Waals surface area (Å²) in [6.07, 6.45) is 6.99. The molecule has 82 valence electrons. The van der Waals surface area contributed by atoms with Crippen LogP contribution in [0.25, 0.3) is 5.70 Å². The number of nitrogens with zero attached hydrogens (tertiary/aromatic N) is 2. The van der Waals surface area contributed by atoms with Gasteiger partial charge in [0.15, 0.2) is 0 Å². The Morgan fingerprint density at radius 2 is 1.76 bits per heavy atom. The highest BCUT2D eigenvalue weighted by atomic mass is 16.3. The van der Waals surface area contributed by atoms with E-state index in [1.807, 2.05) is 36.4 Å². The van der Waals surface area contributed by atoms with E-state index in [1.54, 1.807) is 18.7 Å². The number of para-hydroxylation sites is 1. The van der Waals surface area contributed by atoms with Crippen LogP contribution in [0, 0.1) is 0 Å². The summed E-state index contributed by atoms with van der Waals surface area (Å²) in [5, 5.41) is 2.19. The topological polar surface area (TPSA) is 37.9 Å². The van der Waals surface area contributed by atoms with Gasteiger partial charge in [-0.2, -0.15) is 0 Å². The summed E-state index contributed by atoms with van der Waals surface area (Å²) in [5.74, 6) is 0. The summed E-state index contributed by atoms with van der Waals surface area (Å²) >= 11 is 0. The van der Waals surface area contributed by atoms with Crippen LogP contribution in [0.1, 0.15) is 0 Å². The van der Waals surface area contributed by atoms with Crippen LogP contribution in [0.15, 0.2) is 75.1 Å². The summed E-state index contributed by atoms with van der Waals surface area (Å²) in [6.45, 7) is 0. The molecule has 17 heavy (non-hydrogen) atoms. The number of rotatable bonds is 0. The van der Waals surface area contributed by atoms with Gasteiger partial charge in [-0.3, -0.25) is 4.99 Å². The predicted molar refractivity (Wildman–Crippen MR) is 65.9 cm³/mol. The van der Waals surface area contributed by atoms with Crippen LogP contribution >= 0.6 is 0 Å². The highest BCUT2D eigenvalue weighted by Gasteiger charge is 2.13. The number of benzene rings is 1. The van der Waals surface area contributed by atoms with Gasteiger partial charge in [0, 0.05) is 11.4 Å². The van der Waals surface area contributed by atoms with Gasteiger partial charge in [0.2, 0.25) is 0 Å². The van der Waals surface area contributed by atoms with Crippen LogP contribution in [-0.4, -0.2) is 6.21 Å². The average Bonchev–Trinajstić information content (AvgIpc) is 3.08. The van der Waals surface area contributed by atoms with Gasteiger partial charge < -0.3 is 4.42 Å². The first-order chi connectivity index (χ1) is 8.45. The second-order valence-corrected chi connectivity index (χ2v) is 3.60. The second-order valence-electron chi connectivity index (χ2n) is 3.60. The van der Waals surface area contributed by atoms with Crippen molar-refractivity contribution in [3.8, 4) is 0 Å². The molecule has 0 saturated carbocycles. The molecule has 0 saturated heterocycles. The second kappa shape index (κ2) is 4.22. The lowest BCUT2D eigenvalue weighted by atomic mass is 10.2. The predicted octanol–water partition coefficient (Wildman–Crippen LogP) is 1.68. The maximum Gasteiger partial charge on any atom is 0.0980 e. The van der Waals surface area contributed by atoms with Gasteiger partial charge in [0.25, 0.3) is 0 Å². The molecule has 0 amide bonds. The Kier molecular flexibility index (Phi) is 2.43. The molecule has 0 unspecified atom stereocenters. The highest BCUT2D eigenvalue weighted by molar-refractivity contribution is 5.89. The third-order valence-electron chi connectivity index (χ3n) is 2.50. The van der Waals surface area contributed by atoms with Gasteiger partial charge in [0.1, 0.15) is 0 Å². The number of fused-ring (bicyclic) bond motifs is 2. The van der Waals surface area contributed by atoms with E-state index in [0.717, 1.165) is 22.0 Å². The minimum absolute atomic E-state index is 0.996. The first-order valence-electron chi connectivity index (χ1n) is 5.35. The van der Waals surface area contributed by atoms with Crippen molar-refractivity contribution in [2.45, 2.75) is 0 Å². The first-order valence-corrected chi connectivity index (χ1v) is 5.35. The van der Waals surface area contributed by atoms with Crippen molar-refractivity contribution in [1.29, 1.82) is 0 Å². The molecule has 2 aliphatic heterocycles. The molecule has 3 nitrogen and oxygen atoms in total. The molecular formula is C14H10N2O. The van der Waals surface area contributed by atoms with E-state index < -0.39 is 0 Å². The molecule has 3 heterocycles. The van der Waals surface area contributed by atoms with Crippen LogP contribution in [-0.2, 0) is 0 Å². The Balaban J connectivity index is 0.000000153. The van der Waals surface area contributed by atoms with Crippen molar-refractivity contribution in [3.05, 3.63) is 71.3 Å². The quantitative estimate of drug-likeness (QED) is 0.668. The Morgan fingerprint density at radius 1 is 0.941 bits per heavy atom. The average molecular weight is 222 g/mol. The number of hydrogen-bond donors (Lipinski definition) is 0. The van der Waals surface area contributed by atoms with Crippen molar-refractivity contribution >= 4 is 11.9 Å². The number of furan rings is 1.